The summed E-state index contributed by atoms with van der Waals surface area (Å²) in [5.41, 5.74) is -0.749. The number of nitrogens with one attached hydrogen (secondary N) is 1. The molecule has 1 aromatic rings. The molecule has 27 heavy (non-hydrogen) atoms. The van der Waals surface area contributed by atoms with Gasteiger partial charge in [-0.05, 0) is 68.7 Å². The van der Waals surface area contributed by atoms with E-state index in [2.05, 4.69) is 17.9 Å². The maximum absolute atomic E-state index is 13.3. The highest BCUT2D eigenvalue weighted by Crippen LogP contribution is 2.37. The normalized spacial score (nSPS) is 19.7. The first-order chi connectivity index (χ1) is 13.0. The molecule has 0 spiro atoms. The zero-order chi connectivity index (χ0) is 19.3. The average molecular weight is 411 g/mol. The molecule has 0 bridgehead atoms. The smallest absolute Gasteiger partial charge is 0.266 e. The van der Waals surface area contributed by atoms with Gasteiger partial charge in [-0.15, -0.1) is 0 Å². The number of hydrogen-bond acceptors (Lipinski definition) is 4. The quantitative estimate of drug-likeness (QED) is 0.707. The number of piperidine rings is 1. The highest BCUT2D eigenvalue weighted by Gasteiger charge is 2.46. The minimum atomic E-state index is -0.749. The van der Waals surface area contributed by atoms with Crippen molar-refractivity contribution in [3.05, 3.63) is 29.3 Å². The summed E-state index contributed by atoms with van der Waals surface area (Å²) >= 11 is 9.93. The number of ether oxygens (including phenoxy) is 1. The Balaban J connectivity index is 1.59. The molecule has 0 atom stereocenters. The summed E-state index contributed by atoms with van der Waals surface area (Å²) < 4.78 is 6.24. The van der Waals surface area contributed by atoms with E-state index in [1.807, 2.05) is 17.0 Å². The van der Waals surface area contributed by atoms with Crippen LogP contribution in [0.1, 0.15) is 38.5 Å². The van der Waals surface area contributed by atoms with Crippen LogP contribution in [0.4, 0.5) is 0 Å². The molecule has 0 radical (unpaired) electrons. The fourth-order valence-electron chi connectivity index (χ4n) is 3.98. The Hall–Kier alpha value is -1.40. The molecule has 1 heterocycles. The third-order valence-corrected chi connectivity index (χ3v) is 6.10. The molecule has 2 aliphatic rings. The van der Waals surface area contributed by atoms with Gasteiger partial charge in [-0.3, -0.25) is 9.59 Å². The van der Waals surface area contributed by atoms with Crippen molar-refractivity contribution in [2.45, 2.75) is 44.1 Å². The first-order valence-electron chi connectivity index (χ1n) is 9.64. The largest absolute Gasteiger partial charge is 0.477 e. The molecular weight excluding hydrogens is 384 g/mol. The van der Waals surface area contributed by atoms with Crippen molar-refractivity contribution in [3.63, 3.8) is 0 Å². The lowest BCUT2D eigenvalue weighted by Crippen LogP contribution is -2.53. The summed E-state index contributed by atoms with van der Waals surface area (Å²) in [5.74, 6) is 1.38. The molecule has 2 fully saturated rings. The molecule has 1 saturated heterocycles. The molecule has 148 valence electrons. The lowest BCUT2D eigenvalue weighted by molar-refractivity contribution is -0.149. The number of thiol groups is 1. The number of hydrogen-bond donors (Lipinski definition) is 2. The molecule has 3 rings (SSSR count). The van der Waals surface area contributed by atoms with Gasteiger partial charge in [-0.1, -0.05) is 11.6 Å². The summed E-state index contributed by atoms with van der Waals surface area (Å²) in [5, 5.41) is 3.55. The summed E-state index contributed by atoms with van der Waals surface area (Å²) in [4.78, 5) is 26.6. The second-order valence-corrected chi connectivity index (χ2v) is 8.21. The summed E-state index contributed by atoms with van der Waals surface area (Å²) in [7, 11) is 0. The third-order valence-electron chi connectivity index (χ3n) is 5.56. The van der Waals surface area contributed by atoms with Crippen LogP contribution in [0.15, 0.2) is 24.3 Å². The van der Waals surface area contributed by atoms with Crippen molar-refractivity contribution in [2.24, 2.45) is 5.92 Å². The van der Waals surface area contributed by atoms with Crippen LogP contribution in [0, 0.1) is 5.92 Å². The lowest BCUT2D eigenvalue weighted by atomic mass is 9.93. The predicted octanol–water partition coefficient (Wildman–Crippen LogP) is 3.32. The highest BCUT2D eigenvalue weighted by atomic mass is 35.5. The van der Waals surface area contributed by atoms with E-state index in [4.69, 9.17) is 16.3 Å². The Kier molecular flexibility index (Phi) is 6.93. The zero-order valence-electron chi connectivity index (χ0n) is 15.5. The first kappa shape index (κ1) is 20.3. The number of halogens is 1. The number of carbonyl (C=O) groups is 2. The van der Waals surface area contributed by atoms with Crippen LogP contribution in [0.5, 0.6) is 5.75 Å². The van der Waals surface area contributed by atoms with Crippen LogP contribution >= 0.6 is 24.2 Å². The topological polar surface area (TPSA) is 58.6 Å². The summed E-state index contributed by atoms with van der Waals surface area (Å²) in [6.07, 6.45) is 5.32. The Morgan fingerprint density at radius 2 is 1.81 bits per heavy atom. The van der Waals surface area contributed by atoms with Crippen molar-refractivity contribution in [2.75, 3.05) is 25.4 Å². The lowest BCUT2D eigenvalue weighted by Gasteiger charge is -2.38. The number of likely N-dealkylation sites (tertiary alicyclic amines) is 1. The van der Waals surface area contributed by atoms with Crippen molar-refractivity contribution in [1.29, 1.82) is 0 Å². The molecule has 0 aromatic heterocycles. The summed E-state index contributed by atoms with van der Waals surface area (Å²) in [6.45, 7) is 2.09. The summed E-state index contributed by atoms with van der Waals surface area (Å²) in [6, 6.07) is 7.22. The van der Waals surface area contributed by atoms with Crippen molar-refractivity contribution in [3.8, 4) is 5.75 Å². The number of amides is 2. The molecule has 1 aliphatic carbocycles. The van der Waals surface area contributed by atoms with Crippen molar-refractivity contribution >= 4 is 36.0 Å². The van der Waals surface area contributed by atoms with E-state index in [0.717, 1.165) is 38.5 Å². The SMILES string of the molecule is O=C(CS)NCC1CCN(C(=O)C2(Oc3ccc(Cl)cc3)CCCC2)CC1. The maximum Gasteiger partial charge on any atom is 0.266 e. The highest BCUT2D eigenvalue weighted by molar-refractivity contribution is 7.81. The Labute approximate surface area is 171 Å². The Morgan fingerprint density at radius 1 is 1.19 bits per heavy atom. The minimum Gasteiger partial charge on any atom is -0.477 e. The van der Waals surface area contributed by atoms with Gasteiger partial charge in [-0.25, -0.2) is 0 Å². The second-order valence-electron chi connectivity index (χ2n) is 7.46. The predicted molar refractivity (Wildman–Crippen MR) is 109 cm³/mol. The molecule has 5 nitrogen and oxygen atoms in total. The third kappa shape index (κ3) is 5.11. The van der Waals surface area contributed by atoms with Crippen LogP contribution in [0.2, 0.25) is 5.02 Å². The Morgan fingerprint density at radius 3 is 2.41 bits per heavy atom. The van der Waals surface area contributed by atoms with Crippen LogP contribution in [-0.2, 0) is 9.59 Å². The van der Waals surface area contributed by atoms with Gasteiger partial charge in [0.1, 0.15) is 5.75 Å². The Bertz CT molecular complexity index is 654. The van der Waals surface area contributed by atoms with E-state index in [9.17, 15) is 9.59 Å². The zero-order valence-corrected chi connectivity index (χ0v) is 17.1. The molecule has 1 aromatic carbocycles. The van der Waals surface area contributed by atoms with Crippen LogP contribution in [0.3, 0.4) is 0 Å². The van der Waals surface area contributed by atoms with E-state index >= 15 is 0 Å². The van der Waals surface area contributed by atoms with Gasteiger partial charge in [0.25, 0.3) is 5.91 Å². The molecular formula is C20H27ClN2O3S. The minimum absolute atomic E-state index is 0.0434. The molecule has 0 unspecified atom stereocenters. The monoisotopic (exact) mass is 410 g/mol. The number of rotatable bonds is 6. The van der Waals surface area contributed by atoms with Gasteiger partial charge in [-0.2, -0.15) is 12.6 Å². The fourth-order valence-corrected chi connectivity index (χ4v) is 4.21. The van der Waals surface area contributed by atoms with Crippen molar-refractivity contribution < 1.29 is 14.3 Å². The van der Waals surface area contributed by atoms with Gasteiger partial charge in [0, 0.05) is 24.7 Å². The second kappa shape index (κ2) is 9.20. The molecule has 7 heteroatoms. The van der Waals surface area contributed by atoms with Crippen LogP contribution in [0.25, 0.3) is 0 Å². The van der Waals surface area contributed by atoms with E-state index in [1.54, 1.807) is 12.1 Å². The van der Waals surface area contributed by atoms with Crippen molar-refractivity contribution in [1.82, 2.24) is 10.2 Å². The average Bonchev–Trinajstić information content (AvgIpc) is 3.17. The van der Waals surface area contributed by atoms with Gasteiger partial charge in [0.05, 0.1) is 5.75 Å². The van der Waals surface area contributed by atoms with Crippen LogP contribution in [-0.4, -0.2) is 47.7 Å². The van der Waals surface area contributed by atoms with E-state index in [1.165, 1.54) is 0 Å². The first-order valence-corrected chi connectivity index (χ1v) is 10.6. The van der Waals surface area contributed by atoms with Crippen LogP contribution < -0.4 is 10.1 Å². The van der Waals surface area contributed by atoms with Gasteiger partial charge in [0.15, 0.2) is 5.60 Å². The molecule has 1 saturated carbocycles. The molecule has 1 N–H and O–H groups in total. The standard InChI is InChI=1S/C20H27ClN2O3S/c21-16-3-5-17(6-4-16)26-20(9-1-2-10-20)19(25)23-11-7-15(8-12-23)13-22-18(24)14-27/h3-6,15,27H,1-2,7-14H2,(H,22,24). The molecule has 1 aliphatic heterocycles. The van der Waals surface area contributed by atoms with E-state index in [0.29, 0.717) is 36.3 Å². The fraction of sp³-hybridized carbons (Fsp3) is 0.600. The number of nitrogens with zero attached hydrogens (tertiary/aromatic N) is 1. The number of carbonyl (C=O) groups excluding carboxylic acids is 2. The number of benzene rings is 1. The maximum atomic E-state index is 13.3. The van der Waals surface area contributed by atoms with Gasteiger partial charge in [0.2, 0.25) is 5.91 Å². The van der Waals surface area contributed by atoms with Gasteiger partial charge < -0.3 is 15.0 Å². The van der Waals surface area contributed by atoms with E-state index < -0.39 is 5.60 Å². The molecule has 2 amide bonds. The van der Waals surface area contributed by atoms with Gasteiger partial charge >= 0.3 is 0 Å². The van der Waals surface area contributed by atoms with E-state index in [-0.39, 0.29) is 17.6 Å².